The standard InChI is InChI=1S/C21H33N7O/c1-21(2,3)17-13-16(28(6)26-17)19(29)23-14-7-9-15(10-8-14)24-20-22-12-11-18(25-20)27(4)5/h11-15H,7-10H2,1-6H3,(H,23,29)(H,22,24,25). The molecule has 0 bridgehead atoms. The Bertz CT molecular complexity index is 845. The molecule has 0 radical (unpaired) electrons. The molecular weight excluding hydrogens is 366 g/mol. The molecule has 29 heavy (non-hydrogen) atoms. The zero-order chi connectivity index (χ0) is 21.2. The summed E-state index contributed by atoms with van der Waals surface area (Å²) >= 11 is 0. The predicted molar refractivity (Wildman–Crippen MR) is 115 cm³/mol. The van der Waals surface area contributed by atoms with Gasteiger partial charge in [-0.15, -0.1) is 0 Å². The second-order valence-corrected chi connectivity index (χ2v) is 9.09. The first kappa shape index (κ1) is 21.1. The number of anilines is 2. The third kappa shape index (κ3) is 5.25. The van der Waals surface area contributed by atoms with Crippen LogP contribution in [0.5, 0.6) is 0 Å². The van der Waals surface area contributed by atoms with E-state index in [4.69, 9.17) is 0 Å². The van der Waals surface area contributed by atoms with Gasteiger partial charge in [0.25, 0.3) is 5.91 Å². The van der Waals surface area contributed by atoms with Crippen LogP contribution in [0.4, 0.5) is 11.8 Å². The lowest BCUT2D eigenvalue weighted by atomic mass is 9.91. The Balaban J connectivity index is 1.53. The highest BCUT2D eigenvalue weighted by Crippen LogP contribution is 2.24. The maximum atomic E-state index is 12.7. The summed E-state index contributed by atoms with van der Waals surface area (Å²) in [5, 5.41) is 11.1. The van der Waals surface area contributed by atoms with E-state index in [1.54, 1.807) is 10.9 Å². The molecule has 2 aromatic heterocycles. The van der Waals surface area contributed by atoms with Crippen molar-refractivity contribution in [2.45, 2.75) is 64.0 Å². The van der Waals surface area contributed by atoms with Crippen molar-refractivity contribution in [3.05, 3.63) is 29.7 Å². The van der Waals surface area contributed by atoms with Gasteiger partial charge in [-0.3, -0.25) is 9.48 Å². The van der Waals surface area contributed by atoms with Gasteiger partial charge in [0.2, 0.25) is 5.95 Å². The summed E-state index contributed by atoms with van der Waals surface area (Å²) in [4.78, 5) is 23.6. The number of amides is 1. The summed E-state index contributed by atoms with van der Waals surface area (Å²) in [5.74, 6) is 1.50. The highest BCUT2D eigenvalue weighted by Gasteiger charge is 2.26. The Morgan fingerprint density at radius 1 is 1.17 bits per heavy atom. The van der Waals surface area contributed by atoms with E-state index in [1.165, 1.54) is 0 Å². The maximum Gasteiger partial charge on any atom is 0.269 e. The number of nitrogens with zero attached hydrogens (tertiary/aromatic N) is 5. The first-order chi connectivity index (χ1) is 13.6. The van der Waals surface area contributed by atoms with E-state index < -0.39 is 0 Å². The molecule has 0 aromatic carbocycles. The van der Waals surface area contributed by atoms with Crippen molar-refractivity contribution in [3.63, 3.8) is 0 Å². The van der Waals surface area contributed by atoms with Gasteiger partial charge < -0.3 is 15.5 Å². The minimum Gasteiger partial charge on any atom is -0.363 e. The maximum absolute atomic E-state index is 12.7. The Morgan fingerprint density at radius 2 is 1.83 bits per heavy atom. The molecule has 2 heterocycles. The average molecular weight is 400 g/mol. The molecule has 0 aliphatic heterocycles. The van der Waals surface area contributed by atoms with Gasteiger partial charge in [-0.1, -0.05) is 20.8 Å². The number of carbonyl (C=O) groups is 1. The molecule has 0 spiro atoms. The Hall–Kier alpha value is -2.64. The van der Waals surface area contributed by atoms with Crippen molar-refractivity contribution in [2.75, 3.05) is 24.3 Å². The number of rotatable bonds is 5. The second kappa shape index (κ2) is 8.39. The van der Waals surface area contributed by atoms with Crippen molar-refractivity contribution >= 4 is 17.7 Å². The molecule has 1 aliphatic carbocycles. The lowest BCUT2D eigenvalue weighted by Gasteiger charge is -2.29. The van der Waals surface area contributed by atoms with Gasteiger partial charge in [-0.2, -0.15) is 10.1 Å². The first-order valence-corrected chi connectivity index (χ1v) is 10.3. The first-order valence-electron chi connectivity index (χ1n) is 10.3. The van der Waals surface area contributed by atoms with Crippen LogP contribution < -0.4 is 15.5 Å². The molecule has 1 aliphatic rings. The smallest absolute Gasteiger partial charge is 0.269 e. The largest absolute Gasteiger partial charge is 0.363 e. The molecule has 0 saturated heterocycles. The van der Waals surface area contributed by atoms with Crippen LogP contribution in [0.3, 0.4) is 0 Å². The number of carbonyl (C=O) groups excluding carboxylic acids is 1. The molecule has 2 N–H and O–H groups in total. The summed E-state index contributed by atoms with van der Waals surface area (Å²) in [6, 6.07) is 4.30. The van der Waals surface area contributed by atoms with Crippen LogP contribution in [0.1, 0.15) is 62.6 Å². The Kier molecular flexibility index (Phi) is 6.10. The molecule has 8 nitrogen and oxygen atoms in total. The van der Waals surface area contributed by atoms with Gasteiger partial charge in [0.05, 0.1) is 5.69 Å². The zero-order valence-electron chi connectivity index (χ0n) is 18.4. The number of aromatic nitrogens is 4. The Morgan fingerprint density at radius 3 is 2.41 bits per heavy atom. The van der Waals surface area contributed by atoms with Crippen molar-refractivity contribution in [1.82, 2.24) is 25.1 Å². The third-order valence-electron chi connectivity index (χ3n) is 5.38. The van der Waals surface area contributed by atoms with Crippen LogP contribution >= 0.6 is 0 Å². The van der Waals surface area contributed by atoms with Crippen LogP contribution in [0.15, 0.2) is 18.3 Å². The molecule has 2 aromatic rings. The van der Waals surface area contributed by atoms with Crippen molar-refractivity contribution < 1.29 is 4.79 Å². The number of hydrogen-bond donors (Lipinski definition) is 2. The molecule has 8 heteroatoms. The van der Waals surface area contributed by atoms with Crippen molar-refractivity contribution in [1.29, 1.82) is 0 Å². The molecule has 1 amide bonds. The topological polar surface area (TPSA) is 88.0 Å². The van der Waals surface area contributed by atoms with E-state index >= 15 is 0 Å². The van der Waals surface area contributed by atoms with Gasteiger partial charge in [-0.25, -0.2) is 4.98 Å². The van der Waals surface area contributed by atoms with Crippen molar-refractivity contribution in [3.8, 4) is 0 Å². The lowest BCUT2D eigenvalue weighted by Crippen LogP contribution is -2.40. The summed E-state index contributed by atoms with van der Waals surface area (Å²) in [6.07, 6.45) is 5.58. The second-order valence-electron chi connectivity index (χ2n) is 9.09. The number of aryl methyl sites for hydroxylation is 1. The molecular formula is C21H33N7O. The fourth-order valence-electron chi connectivity index (χ4n) is 3.54. The normalized spacial score (nSPS) is 19.7. The molecule has 158 valence electrons. The predicted octanol–water partition coefficient (Wildman–Crippen LogP) is 2.73. The van der Waals surface area contributed by atoms with E-state index in [-0.39, 0.29) is 17.4 Å². The highest BCUT2D eigenvalue weighted by molar-refractivity contribution is 5.92. The van der Waals surface area contributed by atoms with Gasteiger partial charge >= 0.3 is 0 Å². The van der Waals surface area contributed by atoms with Crippen LogP contribution in [-0.4, -0.2) is 51.8 Å². The summed E-state index contributed by atoms with van der Waals surface area (Å²) in [7, 11) is 5.76. The summed E-state index contributed by atoms with van der Waals surface area (Å²) in [6.45, 7) is 6.30. The van der Waals surface area contributed by atoms with Crippen molar-refractivity contribution in [2.24, 2.45) is 7.05 Å². The van der Waals surface area contributed by atoms with Crippen LogP contribution in [0, 0.1) is 0 Å². The third-order valence-corrected chi connectivity index (χ3v) is 5.38. The van der Waals surface area contributed by atoms with Crippen LogP contribution in [0.2, 0.25) is 0 Å². The summed E-state index contributed by atoms with van der Waals surface area (Å²) in [5.41, 5.74) is 1.47. The zero-order valence-corrected chi connectivity index (χ0v) is 18.4. The molecule has 1 fully saturated rings. The summed E-state index contributed by atoms with van der Waals surface area (Å²) < 4.78 is 1.68. The number of hydrogen-bond acceptors (Lipinski definition) is 6. The fourth-order valence-corrected chi connectivity index (χ4v) is 3.54. The number of nitrogens with one attached hydrogen (secondary N) is 2. The van der Waals surface area contributed by atoms with E-state index in [1.807, 2.05) is 38.2 Å². The van der Waals surface area contributed by atoms with E-state index in [0.717, 1.165) is 37.2 Å². The van der Waals surface area contributed by atoms with E-state index in [0.29, 0.717) is 17.7 Å². The fraction of sp³-hybridized carbons (Fsp3) is 0.619. The molecule has 3 rings (SSSR count). The highest BCUT2D eigenvalue weighted by atomic mass is 16.2. The molecule has 0 atom stereocenters. The van der Waals surface area contributed by atoms with E-state index in [9.17, 15) is 4.79 Å². The van der Waals surface area contributed by atoms with Crippen LogP contribution in [0.25, 0.3) is 0 Å². The Labute approximate surface area is 173 Å². The monoisotopic (exact) mass is 399 g/mol. The van der Waals surface area contributed by atoms with E-state index in [2.05, 4.69) is 46.5 Å². The minimum absolute atomic E-state index is 0.0473. The lowest BCUT2D eigenvalue weighted by molar-refractivity contribution is 0.0917. The van der Waals surface area contributed by atoms with Gasteiger partial charge in [0, 0.05) is 44.8 Å². The minimum atomic E-state index is -0.0774. The van der Waals surface area contributed by atoms with Gasteiger partial charge in [-0.05, 0) is 37.8 Å². The molecule has 0 unspecified atom stereocenters. The van der Waals surface area contributed by atoms with Gasteiger partial charge in [0.15, 0.2) is 0 Å². The quantitative estimate of drug-likeness (QED) is 0.804. The van der Waals surface area contributed by atoms with Crippen LogP contribution in [-0.2, 0) is 12.5 Å². The van der Waals surface area contributed by atoms with Gasteiger partial charge in [0.1, 0.15) is 11.5 Å². The molecule has 1 saturated carbocycles. The SMILES string of the molecule is CN(C)c1ccnc(NC2CCC(NC(=O)c3cc(C(C)(C)C)nn3C)CC2)n1. The average Bonchev–Trinajstić information content (AvgIpc) is 3.06.